The average molecular weight is 1080 g/mol. The molecule has 10 atom stereocenters. The number of methoxy groups -OCH3 is 3. The molecule has 2 saturated heterocycles. The number of carbonyl (C=O) groups is 3. The minimum atomic E-state index is -2.28. The number of aromatic amines is 1. The molecule has 425 valence electrons. The van der Waals surface area contributed by atoms with Crippen molar-refractivity contribution in [3.8, 4) is 5.75 Å². The van der Waals surface area contributed by atoms with Gasteiger partial charge in [-0.2, -0.15) is 0 Å². The molecule has 12 rings (SSSR count). The van der Waals surface area contributed by atoms with Crippen LogP contribution in [0, 0.1) is 28.6 Å². The molecule has 6 N–H and O–H groups in total. The molecule has 5 aliphatic heterocycles. The van der Waals surface area contributed by atoms with Crippen molar-refractivity contribution in [2.24, 2.45) is 22.2 Å². The molecular formula is C61H85N6O11. The number of ketones is 1. The van der Waals surface area contributed by atoms with E-state index in [4.69, 9.17) is 23.7 Å². The van der Waals surface area contributed by atoms with Crippen molar-refractivity contribution in [2.75, 3.05) is 119 Å². The molecule has 78 heavy (non-hydrogen) atoms. The summed E-state index contributed by atoms with van der Waals surface area (Å²) in [5.41, 5.74) is -1.83. The quantitative estimate of drug-likeness (QED) is 0.0529. The molecule has 4 bridgehead atoms. The lowest BCUT2D eigenvalue weighted by Gasteiger charge is -2.63. The van der Waals surface area contributed by atoms with E-state index in [-0.39, 0.29) is 48.1 Å². The molecule has 17 nitrogen and oxygen atoms in total. The predicted octanol–water partition coefficient (Wildman–Crippen LogP) is 4.36. The van der Waals surface area contributed by atoms with E-state index in [1.54, 1.807) is 14.2 Å². The molecule has 1 aromatic heterocycles. The Hall–Kier alpha value is -4.43. The highest BCUT2D eigenvalue weighted by molar-refractivity contribution is 5.95. The Morgan fingerprint density at radius 1 is 0.859 bits per heavy atom. The maximum Gasteiger partial charge on any atom is 0.322 e. The molecule has 3 aromatic rings. The van der Waals surface area contributed by atoms with Crippen LogP contribution < -0.4 is 20.3 Å². The average Bonchev–Trinajstić information content (AvgIpc) is 2.36. The molecule has 5 unspecified atom stereocenters. The van der Waals surface area contributed by atoms with Gasteiger partial charge in [-0.25, -0.2) is 0 Å². The minimum absolute atomic E-state index is 0.00228. The van der Waals surface area contributed by atoms with Crippen LogP contribution in [0.3, 0.4) is 0 Å². The van der Waals surface area contributed by atoms with E-state index in [2.05, 4.69) is 63.0 Å². The lowest BCUT2D eigenvalue weighted by atomic mass is 9.47. The summed E-state index contributed by atoms with van der Waals surface area (Å²) in [6.45, 7) is 10.4. The van der Waals surface area contributed by atoms with Crippen LogP contribution in [0.25, 0.3) is 10.9 Å². The Labute approximate surface area is 460 Å². The number of nitrogens with zero attached hydrogens (tertiary/aromatic N) is 3. The molecule has 1 amide bonds. The minimum Gasteiger partial charge on any atom is -0.496 e. The zero-order valence-corrected chi connectivity index (χ0v) is 46.9. The van der Waals surface area contributed by atoms with Gasteiger partial charge >= 0.3 is 5.97 Å². The Morgan fingerprint density at radius 2 is 1.59 bits per heavy atom. The van der Waals surface area contributed by atoms with E-state index in [0.717, 1.165) is 78.5 Å². The molecule has 1 radical (unpaired) electrons. The Bertz CT molecular complexity index is 2760. The lowest BCUT2D eigenvalue weighted by molar-refractivity contribution is -0.204. The number of piperidine rings is 1. The highest BCUT2D eigenvalue weighted by atomic mass is 16.5. The smallest absolute Gasteiger partial charge is 0.322 e. The van der Waals surface area contributed by atoms with E-state index in [0.29, 0.717) is 103 Å². The van der Waals surface area contributed by atoms with Crippen LogP contribution in [0.2, 0.25) is 0 Å². The van der Waals surface area contributed by atoms with Gasteiger partial charge in [0.1, 0.15) is 23.9 Å². The highest BCUT2D eigenvalue weighted by Crippen LogP contribution is 2.68. The fourth-order valence-electron chi connectivity index (χ4n) is 17.1. The zero-order chi connectivity index (χ0) is 54.9. The summed E-state index contributed by atoms with van der Waals surface area (Å²) in [6, 6.07) is 11.1. The van der Waals surface area contributed by atoms with E-state index in [9.17, 15) is 20.1 Å². The Kier molecular flexibility index (Phi) is 15.0. The van der Waals surface area contributed by atoms with Gasteiger partial charge in [-0.1, -0.05) is 44.2 Å². The first kappa shape index (κ1) is 55.5. The third kappa shape index (κ3) is 8.69. The molecule has 1 spiro atoms. The van der Waals surface area contributed by atoms with Crippen molar-refractivity contribution in [3.05, 3.63) is 77.4 Å². The number of Topliss-reactive ketones (excluding diaryl/α,β-unsaturated/α-hetero) is 1. The maximum atomic E-state index is 15.7. The standard InChI is InChI=1S/C61H85N6O11/c1-7-57(72)32-40-33-60(54(71)76-6,49-43(14-24-66(35-40)39-57)42-12-9-10-13-46(42)64-49)45-30-44-47(31-48(45)75-5)65(3)51-59(44)22-25-67-23-11-15-58(8-2,50(59)67)52(69)61(51,73)53(70)63-38-56-19-16-55(17-20-56,18-21-56)37-62-34-41(68)36-78-29-28-77-27-26-74-4/h9-13,15,30-32,40,50-52,62,64,69,72-73H,7-8,14,16-29,33-39H2,1-6H3,(H,63,70)/t40?,50?,51?,52-,55?,56?,57+,58-,59?,60+,61+/m1/s1. The van der Waals surface area contributed by atoms with Gasteiger partial charge in [0, 0.05) is 104 Å². The fourth-order valence-corrected chi connectivity index (χ4v) is 17.1. The summed E-state index contributed by atoms with van der Waals surface area (Å²) >= 11 is 0. The van der Waals surface area contributed by atoms with Gasteiger partial charge in [0.05, 0.1) is 58.8 Å². The number of aromatic nitrogens is 1. The number of nitrogens with one attached hydrogen (secondary N) is 3. The van der Waals surface area contributed by atoms with Crippen molar-refractivity contribution in [1.29, 1.82) is 0 Å². The van der Waals surface area contributed by atoms with E-state index in [1.165, 1.54) is 7.11 Å². The van der Waals surface area contributed by atoms with Crippen molar-refractivity contribution in [1.82, 2.24) is 25.4 Å². The predicted molar refractivity (Wildman–Crippen MR) is 296 cm³/mol. The van der Waals surface area contributed by atoms with E-state index >= 15 is 9.59 Å². The van der Waals surface area contributed by atoms with Crippen LogP contribution in [-0.4, -0.2) is 191 Å². The summed E-state index contributed by atoms with van der Waals surface area (Å²) in [4.78, 5) is 54.5. The van der Waals surface area contributed by atoms with Crippen molar-refractivity contribution in [2.45, 2.75) is 125 Å². The van der Waals surface area contributed by atoms with E-state index < -0.39 is 51.5 Å². The van der Waals surface area contributed by atoms with Crippen molar-refractivity contribution < 1.29 is 53.4 Å². The molecule has 2 aromatic carbocycles. The van der Waals surface area contributed by atoms with Crippen LogP contribution in [0.15, 0.2) is 48.6 Å². The number of carbonyl (C=O) groups excluding carboxylic acids is 3. The number of esters is 1. The van der Waals surface area contributed by atoms with Gasteiger partial charge < -0.3 is 59.5 Å². The second-order valence-electron chi connectivity index (χ2n) is 24.8. The third-order valence-corrected chi connectivity index (χ3v) is 21.0. The van der Waals surface area contributed by atoms with Crippen molar-refractivity contribution >= 4 is 34.3 Å². The fraction of sp³-hybridized carbons (Fsp3) is 0.672. The van der Waals surface area contributed by atoms with Gasteiger partial charge in [0.2, 0.25) is 0 Å². The van der Waals surface area contributed by atoms with Gasteiger partial charge in [0.25, 0.3) is 5.91 Å². The van der Waals surface area contributed by atoms with Crippen LogP contribution >= 0.6 is 0 Å². The number of aliphatic hydroxyl groups excluding tert-OH is 1. The molecule has 4 saturated carbocycles. The number of hydrogen-bond donors (Lipinski definition) is 6. The van der Waals surface area contributed by atoms with Crippen LogP contribution in [0.1, 0.15) is 100 Å². The summed E-state index contributed by atoms with van der Waals surface area (Å²) in [6.07, 6.45) is 12.9. The molecular weight excluding hydrogens is 993 g/mol. The molecule has 6 fully saturated rings. The monoisotopic (exact) mass is 1080 g/mol. The first-order valence-electron chi connectivity index (χ1n) is 29.0. The number of aliphatic hydroxyl groups is 3. The maximum absolute atomic E-state index is 15.7. The van der Waals surface area contributed by atoms with Crippen molar-refractivity contribution in [3.63, 3.8) is 0 Å². The number of H-pyrrole nitrogens is 1. The number of amides is 1. The first-order valence-corrected chi connectivity index (χ1v) is 29.0. The number of rotatable bonds is 20. The molecule has 4 aliphatic carbocycles. The summed E-state index contributed by atoms with van der Waals surface area (Å²) in [5.74, 6) is -0.773. The Balaban J connectivity index is 0.925. The second-order valence-corrected chi connectivity index (χ2v) is 24.8. The highest BCUT2D eigenvalue weighted by Gasteiger charge is 2.79. The summed E-state index contributed by atoms with van der Waals surface area (Å²) in [7, 11) is 6.63. The lowest BCUT2D eigenvalue weighted by Crippen LogP contribution is -2.82. The largest absolute Gasteiger partial charge is 0.496 e. The molecule has 17 heteroatoms. The first-order chi connectivity index (χ1) is 37.5. The number of ether oxygens (including phenoxy) is 5. The second kappa shape index (κ2) is 21.2. The topological polar surface area (TPSA) is 208 Å². The van der Waals surface area contributed by atoms with Gasteiger partial charge in [-0.05, 0) is 124 Å². The number of benzene rings is 2. The Morgan fingerprint density at radius 3 is 2.31 bits per heavy atom. The van der Waals surface area contributed by atoms with Crippen LogP contribution in [0.4, 0.5) is 5.69 Å². The van der Waals surface area contributed by atoms with Crippen LogP contribution in [0.5, 0.6) is 5.75 Å². The zero-order valence-electron chi connectivity index (χ0n) is 46.9. The number of hydrogen-bond acceptors (Lipinski definition) is 15. The van der Waals surface area contributed by atoms with Gasteiger partial charge in [-0.15, -0.1) is 0 Å². The van der Waals surface area contributed by atoms with Crippen LogP contribution in [-0.2, 0) is 50.6 Å². The van der Waals surface area contributed by atoms with E-state index in [1.807, 2.05) is 43.1 Å². The SMILES string of the molecule is CC[C@]1(O)[CH]C2CN(CCc3c([nH]c4ccccc34)[C@@](C(=O)OC)(c3cc4c(cc3OC)N(C)C3C45CCN4CC=C[C@](CC)(C45)[C@@H](O)[C@]3(O)C(=O)NCC34CCC(CNCC(=O)COCCOCCOC)(CC3)CC4)C2)C1. The normalized spacial score (nSPS) is 36.5. The van der Waals surface area contributed by atoms with Gasteiger partial charge in [0.15, 0.2) is 11.4 Å². The summed E-state index contributed by atoms with van der Waals surface area (Å²) in [5, 5.41) is 47.0. The number of fused-ring (bicyclic) bond motifs is 9. The molecule has 9 aliphatic rings. The number of anilines is 1. The summed E-state index contributed by atoms with van der Waals surface area (Å²) < 4.78 is 28.5. The van der Waals surface area contributed by atoms with Gasteiger partial charge in [-0.3, -0.25) is 24.2 Å². The molecule has 6 heterocycles. The third-order valence-electron chi connectivity index (χ3n) is 21.0. The number of likely N-dealkylation sites (N-methyl/N-ethyl adjacent to an activating group) is 1. The number of para-hydroxylation sites is 1.